The first-order chi connectivity index (χ1) is 8.74. The van der Waals surface area contributed by atoms with E-state index in [4.69, 9.17) is 15.2 Å². The quantitative estimate of drug-likeness (QED) is 0.429. The van der Waals surface area contributed by atoms with Crippen molar-refractivity contribution in [1.82, 2.24) is 5.32 Å². The molecule has 0 spiro atoms. The molecule has 1 heterocycles. The number of aliphatic imine (C=N–C) groups is 1. The molecule has 0 amide bonds. The Morgan fingerprint density at radius 3 is 2.63 bits per heavy atom. The van der Waals surface area contributed by atoms with Gasteiger partial charge in [0, 0.05) is 39.7 Å². The Labute approximate surface area is 132 Å². The molecule has 1 aliphatic heterocycles. The number of nitrogens with zero attached hydrogens (tertiary/aromatic N) is 1. The van der Waals surface area contributed by atoms with E-state index in [1.165, 1.54) is 19.3 Å². The van der Waals surface area contributed by atoms with Crippen LogP contribution in [0.5, 0.6) is 0 Å². The Balaban J connectivity index is 0.00000180. The molecule has 0 aromatic rings. The van der Waals surface area contributed by atoms with Crippen molar-refractivity contribution in [1.29, 1.82) is 0 Å². The summed E-state index contributed by atoms with van der Waals surface area (Å²) in [4.78, 5) is 4.42. The lowest BCUT2D eigenvalue weighted by atomic mass is 9.85. The average molecular weight is 383 g/mol. The van der Waals surface area contributed by atoms with Gasteiger partial charge >= 0.3 is 0 Å². The normalized spacial score (nSPS) is 23.3. The van der Waals surface area contributed by atoms with Gasteiger partial charge in [-0.1, -0.05) is 6.42 Å². The summed E-state index contributed by atoms with van der Waals surface area (Å²) in [6.07, 6.45) is 5.78. The third-order valence-corrected chi connectivity index (χ3v) is 4.17. The Bertz CT molecular complexity index is 290. The fourth-order valence-corrected chi connectivity index (χ4v) is 2.40. The third kappa shape index (κ3) is 5.07. The number of guanidine groups is 1. The number of halogens is 1. The van der Waals surface area contributed by atoms with Gasteiger partial charge in [-0.3, -0.25) is 4.99 Å². The van der Waals surface area contributed by atoms with Crippen molar-refractivity contribution in [2.45, 2.75) is 37.7 Å². The van der Waals surface area contributed by atoms with E-state index < -0.39 is 0 Å². The second-order valence-corrected chi connectivity index (χ2v) is 5.38. The fraction of sp³-hybridized carbons (Fsp3) is 0.923. The maximum atomic E-state index is 5.88. The smallest absolute Gasteiger partial charge is 0.188 e. The summed E-state index contributed by atoms with van der Waals surface area (Å²) in [5.41, 5.74) is 5.70. The van der Waals surface area contributed by atoms with Gasteiger partial charge in [0.05, 0.1) is 12.1 Å². The van der Waals surface area contributed by atoms with Gasteiger partial charge in [0.25, 0.3) is 0 Å². The molecule has 0 aromatic heterocycles. The third-order valence-electron chi connectivity index (χ3n) is 4.17. The van der Waals surface area contributed by atoms with Gasteiger partial charge in [-0.2, -0.15) is 0 Å². The first-order valence-corrected chi connectivity index (χ1v) is 6.91. The van der Waals surface area contributed by atoms with Gasteiger partial charge in [0.2, 0.25) is 0 Å². The van der Waals surface area contributed by atoms with Crippen LogP contribution in [0.3, 0.4) is 0 Å². The standard InChI is InChI=1S/C13H25N3O2.HI/c1-17-13(5-7-18-8-6-13)10-16-12(14)15-9-11-3-2-4-11;/h11H,2-10H2,1H3,(H3,14,15,16);1H. The summed E-state index contributed by atoms with van der Waals surface area (Å²) in [7, 11) is 1.75. The fourth-order valence-electron chi connectivity index (χ4n) is 2.40. The molecule has 0 aromatic carbocycles. The largest absolute Gasteiger partial charge is 0.381 e. The summed E-state index contributed by atoms with van der Waals surface area (Å²) in [5, 5.41) is 3.21. The molecule has 6 heteroatoms. The maximum absolute atomic E-state index is 5.88. The van der Waals surface area contributed by atoms with Gasteiger partial charge in [0.15, 0.2) is 5.96 Å². The highest BCUT2D eigenvalue weighted by Gasteiger charge is 2.32. The van der Waals surface area contributed by atoms with Crippen LogP contribution >= 0.6 is 24.0 Å². The average Bonchev–Trinajstić information content (AvgIpc) is 2.36. The van der Waals surface area contributed by atoms with E-state index in [9.17, 15) is 0 Å². The molecule has 1 aliphatic carbocycles. The molecular weight excluding hydrogens is 357 g/mol. The van der Waals surface area contributed by atoms with E-state index in [2.05, 4.69) is 10.3 Å². The van der Waals surface area contributed by atoms with Crippen LogP contribution < -0.4 is 11.1 Å². The minimum atomic E-state index is -0.180. The molecular formula is C13H26IN3O2. The van der Waals surface area contributed by atoms with Crippen LogP contribution in [0.15, 0.2) is 4.99 Å². The van der Waals surface area contributed by atoms with E-state index in [1.54, 1.807) is 7.11 Å². The monoisotopic (exact) mass is 383 g/mol. The molecule has 0 unspecified atom stereocenters. The first kappa shape index (κ1) is 17.0. The molecule has 5 nitrogen and oxygen atoms in total. The van der Waals surface area contributed by atoms with E-state index in [-0.39, 0.29) is 29.6 Å². The molecule has 0 bridgehead atoms. The first-order valence-electron chi connectivity index (χ1n) is 6.91. The lowest BCUT2D eigenvalue weighted by Crippen LogP contribution is -2.43. The zero-order valence-corrected chi connectivity index (χ0v) is 14.0. The second-order valence-electron chi connectivity index (χ2n) is 5.38. The minimum Gasteiger partial charge on any atom is -0.381 e. The van der Waals surface area contributed by atoms with Crippen molar-refractivity contribution in [3.8, 4) is 0 Å². The SMILES string of the molecule is COC1(CN=C(N)NCC2CCC2)CCOCC1.I. The number of rotatable bonds is 5. The predicted octanol–water partition coefficient (Wildman–Crippen LogP) is 1.50. The molecule has 112 valence electrons. The summed E-state index contributed by atoms with van der Waals surface area (Å²) in [6.45, 7) is 3.08. The highest BCUT2D eigenvalue weighted by Crippen LogP contribution is 2.25. The van der Waals surface area contributed by atoms with Crippen LogP contribution in [-0.4, -0.2) is 45.0 Å². The van der Waals surface area contributed by atoms with Crippen molar-refractivity contribution >= 4 is 29.9 Å². The Morgan fingerprint density at radius 1 is 1.42 bits per heavy atom. The Hall–Kier alpha value is -0.0800. The predicted molar refractivity (Wildman–Crippen MR) is 87.0 cm³/mol. The molecule has 1 saturated carbocycles. The van der Waals surface area contributed by atoms with Crippen molar-refractivity contribution in [2.24, 2.45) is 16.6 Å². The van der Waals surface area contributed by atoms with Gasteiger partial charge in [-0.15, -0.1) is 24.0 Å². The van der Waals surface area contributed by atoms with Gasteiger partial charge in [0.1, 0.15) is 0 Å². The van der Waals surface area contributed by atoms with Crippen LogP contribution in [0.2, 0.25) is 0 Å². The highest BCUT2D eigenvalue weighted by molar-refractivity contribution is 14.0. The molecule has 2 rings (SSSR count). The van der Waals surface area contributed by atoms with Crippen molar-refractivity contribution in [2.75, 3.05) is 33.4 Å². The number of hydrogen-bond donors (Lipinski definition) is 2. The Morgan fingerprint density at radius 2 is 2.11 bits per heavy atom. The lowest BCUT2D eigenvalue weighted by Gasteiger charge is -2.34. The summed E-state index contributed by atoms with van der Waals surface area (Å²) in [6, 6.07) is 0. The van der Waals surface area contributed by atoms with Crippen molar-refractivity contribution in [3.63, 3.8) is 0 Å². The number of nitrogens with two attached hydrogens (primary N) is 1. The summed E-state index contributed by atoms with van der Waals surface area (Å²) < 4.78 is 11.0. The molecule has 2 fully saturated rings. The van der Waals surface area contributed by atoms with Crippen LogP contribution in [0.4, 0.5) is 0 Å². The van der Waals surface area contributed by atoms with Gasteiger partial charge in [-0.05, 0) is 18.8 Å². The van der Waals surface area contributed by atoms with Crippen molar-refractivity contribution in [3.05, 3.63) is 0 Å². The molecule has 19 heavy (non-hydrogen) atoms. The van der Waals surface area contributed by atoms with Crippen LogP contribution in [0, 0.1) is 5.92 Å². The van der Waals surface area contributed by atoms with Crippen LogP contribution in [0.1, 0.15) is 32.1 Å². The van der Waals surface area contributed by atoms with Crippen LogP contribution in [-0.2, 0) is 9.47 Å². The summed E-state index contributed by atoms with van der Waals surface area (Å²) in [5.74, 6) is 1.34. The minimum absolute atomic E-state index is 0. The number of methoxy groups -OCH3 is 1. The zero-order chi connectivity index (χ0) is 12.8. The molecule has 0 atom stereocenters. The molecule has 0 radical (unpaired) electrons. The maximum Gasteiger partial charge on any atom is 0.188 e. The molecule has 1 saturated heterocycles. The molecule has 2 aliphatic rings. The summed E-state index contributed by atoms with van der Waals surface area (Å²) >= 11 is 0. The molecule has 3 N–H and O–H groups in total. The van der Waals surface area contributed by atoms with E-state index in [0.717, 1.165) is 38.5 Å². The van der Waals surface area contributed by atoms with E-state index in [1.807, 2.05) is 0 Å². The van der Waals surface area contributed by atoms with Crippen molar-refractivity contribution < 1.29 is 9.47 Å². The highest BCUT2D eigenvalue weighted by atomic mass is 127. The van der Waals surface area contributed by atoms with E-state index >= 15 is 0 Å². The van der Waals surface area contributed by atoms with E-state index in [0.29, 0.717) is 12.5 Å². The lowest BCUT2D eigenvalue weighted by molar-refractivity contribution is -0.0828. The van der Waals surface area contributed by atoms with Gasteiger partial charge in [-0.25, -0.2) is 0 Å². The zero-order valence-electron chi connectivity index (χ0n) is 11.7. The van der Waals surface area contributed by atoms with Crippen LogP contribution in [0.25, 0.3) is 0 Å². The topological polar surface area (TPSA) is 68.9 Å². The number of ether oxygens (including phenoxy) is 2. The Kier molecular flexibility index (Phi) is 7.38. The number of nitrogens with one attached hydrogen (secondary N) is 1. The van der Waals surface area contributed by atoms with Gasteiger partial charge < -0.3 is 20.5 Å². The number of hydrogen-bond acceptors (Lipinski definition) is 3. The second kappa shape index (κ2) is 8.26.